The van der Waals surface area contributed by atoms with E-state index in [0.717, 1.165) is 6.42 Å². The van der Waals surface area contributed by atoms with Gasteiger partial charge in [-0.05, 0) is 18.7 Å². The fourth-order valence-electron chi connectivity index (χ4n) is 0.350. The molecule has 1 heteroatoms. The lowest BCUT2D eigenvalue weighted by atomic mass is 10.4. The highest BCUT2D eigenvalue weighted by molar-refractivity contribution is 7.22. The molecule has 46 valence electrons. The quantitative estimate of drug-likeness (QED) is 0.396. The van der Waals surface area contributed by atoms with Gasteiger partial charge in [0, 0.05) is 0 Å². The summed E-state index contributed by atoms with van der Waals surface area (Å²) in [5, 5.41) is 1.26. The van der Waals surface area contributed by atoms with Gasteiger partial charge >= 0.3 is 0 Å². The van der Waals surface area contributed by atoms with Crippen molar-refractivity contribution in [2.45, 2.75) is 20.3 Å². The van der Waals surface area contributed by atoms with Gasteiger partial charge in [-0.1, -0.05) is 25.2 Å². The Labute approximate surface area is 53.9 Å². The molecule has 8 heavy (non-hydrogen) atoms. The predicted octanol–water partition coefficient (Wildman–Crippen LogP) is 2.73. The molecule has 0 saturated heterocycles. The molecular formula is C7H13P. The normalized spacial score (nSPS) is 13.1. The molecular weight excluding hydrogens is 115 g/mol. The van der Waals surface area contributed by atoms with Crippen molar-refractivity contribution in [3.8, 4) is 0 Å². The second-order valence-electron chi connectivity index (χ2n) is 1.60. The molecule has 0 radical (unpaired) electrons. The molecule has 0 N–H and O–H groups in total. The van der Waals surface area contributed by atoms with Gasteiger partial charge in [-0.15, -0.1) is 9.24 Å². The number of rotatable bonds is 2. The van der Waals surface area contributed by atoms with Crippen molar-refractivity contribution in [3.05, 3.63) is 23.5 Å². The molecule has 1 unspecified atom stereocenters. The standard InChI is InChI=1S/C7H13P/c1-3-5-6-7(8)4-2/h4-6H,3,8H2,1-2H3/b6-5-,7-4+. The van der Waals surface area contributed by atoms with Gasteiger partial charge in [0.15, 0.2) is 0 Å². The second-order valence-corrected chi connectivity index (χ2v) is 2.27. The van der Waals surface area contributed by atoms with Crippen LogP contribution < -0.4 is 0 Å². The van der Waals surface area contributed by atoms with E-state index in [2.05, 4.69) is 34.4 Å². The van der Waals surface area contributed by atoms with Crippen LogP contribution in [-0.4, -0.2) is 0 Å². The van der Waals surface area contributed by atoms with Crippen LogP contribution in [0.1, 0.15) is 20.3 Å². The zero-order valence-electron chi connectivity index (χ0n) is 5.52. The van der Waals surface area contributed by atoms with Gasteiger partial charge in [-0.3, -0.25) is 0 Å². The minimum atomic E-state index is 1.12. The SMILES string of the molecule is C/C=C(P)\C=C/CC. The van der Waals surface area contributed by atoms with Crippen LogP contribution in [-0.2, 0) is 0 Å². The number of hydrogen-bond donors (Lipinski definition) is 0. The van der Waals surface area contributed by atoms with Crippen molar-refractivity contribution in [3.63, 3.8) is 0 Å². The van der Waals surface area contributed by atoms with E-state index in [0.29, 0.717) is 0 Å². The van der Waals surface area contributed by atoms with Crippen LogP contribution in [0.2, 0.25) is 0 Å². The summed E-state index contributed by atoms with van der Waals surface area (Å²) in [7, 11) is 2.66. The van der Waals surface area contributed by atoms with Crippen LogP contribution in [0.5, 0.6) is 0 Å². The van der Waals surface area contributed by atoms with E-state index in [1.54, 1.807) is 0 Å². The molecule has 0 aromatic carbocycles. The Kier molecular flexibility index (Phi) is 5.00. The summed E-state index contributed by atoms with van der Waals surface area (Å²) in [6.07, 6.45) is 7.43. The van der Waals surface area contributed by atoms with Crippen molar-refractivity contribution in [2.24, 2.45) is 0 Å². The minimum absolute atomic E-state index is 1.12. The second kappa shape index (κ2) is 5.05. The van der Waals surface area contributed by atoms with Crippen LogP contribution in [0.4, 0.5) is 0 Å². The maximum Gasteiger partial charge on any atom is -0.0348 e. The first-order valence-corrected chi connectivity index (χ1v) is 3.47. The van der Waals surface area contributed by atoms with Crippen molar-refractivity contribution in [1.82, 2.24) is 0 Å². The predicted molar refractivity (Wildman–Crippen MR) is 42.9 cm³/mol. The zero-order chi connectivity index (χ0) is 6.41. The molecule has 0 rings (SSSR count). The van der Waals surface area contributed by atoms with E-state index in [-0.39, 0.29) is 0 Å². The molecule has 0 bridgehead atoms. The van der Waals surface area contributed by atoms with E-state index in [4.69, 9.17) is 0 Å². The van der Waals surface area contributed by atoms with Crippen molar-refractivity contribution >= 4 is 9.24 Å². The first-order chi connectivity index (χ1) is 3.81. The smallest absolute Gasteiger partial charge is 0.0348 e. The molecule has 0 aliphatic carbocycles. The summed E-state index contributed by atoms with van der Waals surface area (Å²) in [5.41, 5.74) is 0. The zero-order valence-corrected chi connectivity index (χ0v) is 6.67. The van der Waals surface area contributed by atoms with Gasteiger partial charge in [0.25, 0.3) is 0 Å². The lowest BCUT2D eigenvalue weighted by molar-refractivity contribution is 1.22. The lowest BCUT2D eigenvalue weighted by Crippen LogP contribution is -1.57. The average Bonchev–Trinajstić information content (AvgIpc) is 1.83. The summed E-state index contributed by atoms with van der Waals surface area (Å²) < 4.78 is 0. The van der Waals surface area contributed by atoms with Gasteiger partial charge in [0.05, 0.1) is 0 Å². The van der Waals surface area contributed by atoms with Crippen LogP contribution in [0, 0.1) is 0 Å². The molecule has 0 aromatic rings. The Morgan fingerprint density at radius 1 is 1.62 bits per heavy atom. The Hall–Kier alpha value is -0.0900. The van der Waals surface area contributed by atoms with E-state index in [9.17, 15) is 0 Å². The third kappa shape index (κ3) is 4.08. The maximum atomic E-state index is 2.66. The van der Waals surface area contributed by atoms with Crippen LogP contribution in [0.3, 0.4) is 0 Å². The van der Waals surface area contributed by atoms with E-state index < -0.39 is 0 Å². The van der Waals surface area contributed by atoms with Crippen LogP contribution in [0.15, 0.2) is 23.5 Å². The molecule has 0 fully saturated rings. The summed E-state index contributed by atoms with van der Waals surface area (Å²) in [4.78, 5) is 0. The monoisotopic (exact) mass is 128 g/mol. The molecule has 0 amide bonds. The first kappa shape index (κ1) is 7.91. The van der Waals surface area contributed by atoms with Crippen molar-refractivity contribution in [1.29, 1.82) is 0 Å². The third-order valence-electron chi connectivity index (χ3n) is 0.879. The molecule has 0 aliphatic heterocycles. The largest absolute Gasteiger partial charge is 0.106 e. The highest BCUT2D eigenvalue weighted by Gasteiger charge is 1.72. The van der Waals surface area contributed by atoms with Gasteiger partial charge in [0.1, 0.15) is 0 Å². The molecule has 1 atom stereocenters. The Morgan fingerprint density at radius 2 is 2.25 bits per heavy atom. The fourth-order valence-corrected chi connectivity index (χ4v) is 0.486. The molecule has 0 spiro atoms. The fraction of sp³-hybridized carbons (Fsp3) is 0.429. The molecule has 0 saturated carbocycles. The Balaban J connectivity index is 3.53. The molecule has 0 heterocycles. The highest BCUT2D eigenvalue weighted by atomic mass is 31.0. The van der Waals surface area contributed by atoms with Crippen LogP contribution in [0.25, 0.3) is 0 Å². The van der Waals surface area contributed by atoms with Gasteiger partial charge in [-0.2, -0.15) is 0 Å². The van der Waals surface area contributed by atoms with Crippen LogP contribution >= 0.6 is 9.24 Å². The van der Waals surface area contributed by atoms with Gasteiger partial charge < -0.3 is 0 Å². The molecule has 0 aromatic heterocycles. The van der Waals surface area contributed by atoms with Gasteiger partial charge in [-0.25, -0.2) is 0 Å². The molecule has 0 nitrogen and oxygen atoms in total. The minimum Gasteiger partial charge on any atom is -0.106 e. The van der Waals surface area contributed by atoms with Gasteiger partial charge in [0.2, 0.25) is 0 Å². The summed E-state index contributed by atoms with van der Waals surface area (Å²) in [5.74, 6) is 0. The average molecular weight is 128 g/mol. The Bertz CT molecular complexity index is 101. The number of allylic oxidation sites excluding steroid dienone is 4. The lowest BCUT2D eigenvalue weighted by Gasteiger charge is -1.83. The molecule has 0 aliphatic rings. The Morgan fingerprint density at radius 3 is 2.62 bits per heavy atom. The maximum absolute atomic E-state index is 2.66. The summed E-state index contributed by atoms with van der Waals surface area (Å²) in [6.45, 7) is 4.16. The van der Waals surface area contributed by atoms with E-state index >= 15 is 0 Å². The third-order valence-corrected chi connectivity index (χ3v) is 1.41. The number of hydrogen-bond acceptors (Lipinski definition) is 0. The first-order valence-electron chi connectivity index (χ1n) is 2.89. The van der Waals surface area contributed by atoms with Crippen molar-refractivity contribution < 1.29 is 0 Å². The summed E-state index contributed by atoms with van der Waals surface area (Å²) >= 11 is 0. The van der Waals surface area contributed by atoms with E-state index in [1.807, 2.05) is 6.92 Å². The summed E-state index contributed by atoms with van der Waals surface area (Å²) in [6, 6.07) is 0. The van der Waals surface area contributed by atoms with E-state index in [1.165, 1.54) is 5.31 Å². The highest BCUT2D eigenvalue weighted by Crippen LogP contribution is 2.05. The topological polar surface area (TPSA) is 0 Å². The van der Waals surface area contributed by atoms with Crippen molar-refractivity contribution in [2.75, 3.05) is 0 Å².